The zero-order chi connectivity index (χ0) is 45.5. The Morgan fingerprint density at radius 2 is 1.85 bits per heavy atom. The number of sulfonamides is 1. The number of nitriles is 1. The molecule has 0 unspecified atom stereocenters. The molecule has 332 valence electrons. The van der Waals surface area contributed by atoms with Gasteiger partial charge in [-0.15, -0.1) is 0 Å². The number of halogens is 1. The van der Waals surface area contributed by atoms with Crippen LogP contribution in [-0.4, -0.2) is 78.4 Å². The van der Waals surface area contributed by atoms with Crippen LogP contribution in [0.3, 0.4) is 0 Å². The lowest BCUT2D eigenvalue weighted by molar-refractivity contribution is -0.384. The van der Waals surface area contributed by atoms with Crippen molar-refractivity contribution in [3.05, 3.63) is 141 Å². The maximum Gasteiger partial charge on any atom is 0.297 e. The molecule has 3 aliphatic rings. The van der Waals surface area contributed by atoms with E-state index in [9.17, 15) is 23.3 Å². The summed E-state index contributed by atoms with van der Waals surface area (Å²) in [6.45, 7) is 8.45. The molecule has 1 aliphatic carbocycles. The fourth-order valence-electron chi connectivity index (χ4n) is 8.58. The quantitative estimate of drug-likeness (QED) is 0.0822. The predicted molar refractivity (Wildman–Crippen MR) is 246 cm³/mol. The number of fused-ring (bicyclic) bond motifs is 2. The lowest BCUT2D eigenvalue weighted by Gasteiger charge is -2.39. The van der Waals surface area contributed by atoms with Crippen molar-refractivity contribution >= 4 is 61.2 Å². The molecular formula is C47H44ClN9O7S. The number of nitro groups is 1. The van der Waals surface area contributed by atoms with Gasteiger partial charge in [0, 0.05) is 79.4 Å². The second-order valence-corrected chi connectivity index (χ2v) is 19.3. The molecular weight excluding hydrogens is 870 g/mol. The largest absolute Gasteiger partial charge is 0.489 e. The molecule has 0 radical (unpaired) electrons. The maximum absolute atomic E-state index is 14.0. The van der Waals surface area contributed by atoms with Gasteiger partial charge in [0.2, 0.25) is 0 Å². The number of nitrogens with one attached hydrogen (secondary N) is 3. The number of carbonyl (C=O) groups is 1. The molecule has 9 rings (SSSR count). The minimum absolute atomic E-state index is 0.0494. The summed E-state index contributed by atoms with van der Waals surface area (Å²) in [5.41, 5.74) is 5.76. The third-order valence-corrected chi connectivity index (χ3v) is 13.7. The van der Waals surface area contributed by atoms with Gasteiger partial charge in [-0.2, -0.15) is 5.26 Å². The van der Waals surface area contributed by atoms with Crippen LogP contribution in [0.15, 0.2) is 108 Å². The first kappa shape index (κ1) is 43.3. The Hall–Kier alpha value is -7.00. The lowest BCUT2D eigenvalue weighted by Crippen LogP contribution is -2.47. The average molecular weight is 914 g/mol. The number of allylic oxidation sites excluding steroid dienone is 1. The number of hydrogen-bond donors (Lipinski definition) is 3. The summed E-state index contributed by atoms with van der Waals surface area (Å²) in [5, 5.41) is 26.0. The highest BCUT2D eigenvalue weighted by molar-refractivity contribution is 7.90. The molecule has 1 atom stereocenters. The average Bonchev–Trinajstić information content (AvgIpc) is 3.77. The van der Waals surface area contributed by atoms with E-state index in [-0.39, 0.29) is 34.8 Å². The number of rotatable bonds is 11. The van der Waals surface area contributed by atoms with Crippen molar-refractivity contribution in [3.63, 3.8) is 0 Å². The van der Waals surface area contributed by atoms with Crippen molar-refractivity contribution in [2.24, 2.45) is 5.41 Å². The van der Waals surface area contributed by atoms with E-state index in [0.717, 1.165) is 67.1 Å². The summed E-state index contributed by atoms with van der Waals surface area (Å²) < 4.78 is 42.0. The van der Waals surface area contributed by atoms with Crippen LogP contribution in [0.25, 0.3) is 16.6 Å². The van der Waals surface area contributed by atoms with Crippen LogP contribution in [0.1, 0.15) is 66.3 Å². The van der Waals surface area contributed by atoms with Gasteiger partial charge in [-0.1, -0.05) is 43.2 Å². The van der Waals surface area contributed by atoms with Gasteiger partial charge in [-0.25, -0.2) is 18.1 Å². The Morgan fingerprint density at radius 3 is 2.58 bits per heavy atom. The van der Waals surface area contributed by atoms with E-state index in [1.807, 2.05) is 24.3 Å². The van der Waals surface area contributed by atoms with Gasteiger partial charge in [-0.05, 0) is 84.3 Å². The molecule has 3 N–H and O–H groups in total. The van der Waals surface area contributed by atoms with E-state index in [1.165, 1.54) is 35.2 Å². The number of nitrogens with zero attached hydrogens (tertiary/aromatic N) is 6. The third-order valence-electron chi connectivity index (χ3n) is 12.1. The van der Waals surface area contributed by atoms with Gasteiger partial charge in [-0.3, -0.25) is 24.8 Å². The molecule has 6 aromatic rings. The Kier molecular flexibility index (Phi) is 11.7. The molecule has 0 bridgehead atoms. The molecule has 2 aliphatic heterocycles. The van der Waals surface area contributed by atoms with Gasteiger partial charge < -0.3 is 24.7 Å². The van der Waals surface area contributed by atoms with Crippen LogP contribution in [-0.2, 0) is 10.0 Å². The predicted octanol–water partition coefficient (Wildman–Crippen LogP) is 8.63. The van der Waals surface area contributed by atoms with Crippen molar-refractivity contribution in [1.29, 1.82) is 5.26 Å². The standard InChI is InChI=1S/C47H44ClN9O7S/c1-47(2)13-11-32(38(23-47)30-4-6-33(48)7-5-30)27-55-15-17-56(18-16-55)34-8-9-37(42(20-34)64-35-19-31-12-14-50-45(31)52-26-35)46(58)54-65(61,62)36-21-41(57(59)60)44-43(22-36)63-28-40(53-44)39-10-3-29(24-49)25-51-39/h3-10,12,14,19-22,25-26,40,53H,11,13,15-18,23,27-28H2,1-2H3,(H,50,52)(H,54,58)/t40-/m1/s1. The van der Waals surface area contributed by atoms with Crippen LogP contribution < -0.4 is 24.4 Å². The van der Waals surface area contributed by atoms with Crippen LogP contribution in [0, 0.1) is 26.9 Å². The van der Waals surface area contributed by atoms with Gasteiger partial charge in [0.05, 0.1) is 32.8 Å². The van der Waals surface area contributed by atoms with Crippen LogP contribution in [0.2, 0.25) is 5.02 Å². The van der Waals surface area contributed by atoms with Gasteiger partial charge in [0.1, 0.15) is 35.9 Å². The minimum atomic E-state index is -4.71. The normalized spacial score (nSPS) is 17.4. The van der Waals surface area contributed by atoms with Crippen LogP contribution >= 0.6 is 11.6 Å². The highest BCUT2D eigenvalue weighted by Gasteiger charge is 2.34. The number of pyridine rings is 2. The van der Waals surface area contributed by atoms with Crippen molar-refractivity contribution in [2.45, 2.75) is 44.0 Å². The fourth-order valence-corrected chi connectivity index (χ4v) is 9.70. The molecule has 1 amide bonds. The van der Waals surface area contributed by atoms with E-state index in [4.69, 9.17) is 26.3 Å². The van der Waals surface area contributed by atoms with Crippen molar-refractivity contribution < 1.29 is 27.6 Å². The Morgan fingerprint density at radius 1 is 1.05 bits per heavy atom. The molecule has 0 spiro atoms. The molecule has 1 saturated heterocycles. The monoisotopic (exact) mass is 913 g/mol. The highest BCUT2D eigenvalue weighted by atomic mass is 35.5. The van der Waals surface area contributed by atoms with Gasteiger partial charge in [0.25, 0.3) is 21.6 Å². The maximum atomic E-state index is 14.0. The summed E-state index contributed by atoms with van der Waals surface area (Å²) in [4.78, 5) is 41.4. The van der Waals surface area contributed by atoms with E-state index < -0.39 is 37.5 Å². The Bertz CT molecular complexity index is 3010. The van der Waals surface area contributed by atoms with Crippen molar-refractivity contribution in [1.82, 2.24) is 24.6 Å². The Balaban J connectivity index is 0.951. The summed E-state index contributed by atoms with van der Waals surface area (Å²) in [7, 11) is -4.71. The topological polar surface area (TPSA) is 209 Å². The number of ether oxygens (including phenoxy) is 2. The number of H-pyrrole nitrogens is 1. The number of amides is 1. The van der Waals surface area contributed by atoms with Crippen molar-refractivity contribution in [2.75, 3.05) is 49.5 Å². The number of nitro benzene ring substituents is 1. The number of piperazine rings is 1. The minimum Gasteiger partial charge on any atom is -0.489 e. The second-order valence-electron chi connectivity index (χ2n) is 17.2. The molecule has 3 aromatic carbocycles. The number of anilines is 2. The summed E-state index contributed by atoms with van der Waals surface area (Å²) >= 11 is 6.24. The first-order valence-electron chi connectivity index (χ1n) is 21.1. The lowest BCUT2D eigenvalue weighted by atomic mass is 9.72. The first-order chi connectivity index (χ1) is 31.2. The summed E-state index contributed by atoms with van der Waals surface area (Å²) in [6.07, 6.45) is 7.77. The number of aromatic amines is 1. The van der Waals surface area contributed by atoms with Crippen molar-refractivity contribution in [3.8, 4) is 23.3 Å². The van der Waals surface area contributed by atoms with E-state index in [2.05, 4.69) is 60.8 Å². The molecule has 3 aromatic heterocycles. The zero-order valence-corrected chi connectivity index (χ0v) is 37.1. The number of carbonyl (C=O) groups excluding carboxylic acids is 1. The van der Waals surface area contributed by atoms with Crippen LogP contribution in [0.4, 0.5) is 17.1 Å². The second kappa shape index (κ2) is 17.5. The van der Waals surface area contributed by atoms with E-state index >= 15 is 0 Å². The highest BCUT2D eigenvalue weighted by Crippen LogP contribution is 2.45. The smallest absolute Gasteiger partial charge is 0.297 e. The molecule has 65 heavy (non-hydrogen) atoms. The number of hydrogen-bond acceptors (Lipinski definition) is 13. The van der Waals surface area contributed by atoms with Gasteiger partial charge >= 0.3 is 0 Å². The fraction of sp³-hybridized carbons (Fsp3) is 0.277. The summed E-state index contributed by atoms with van der Waals surface area (Å²) in [6, 6.07) is 23.2. The van der Waals surface area contributed by atoms with E-state index in [1.54, 1.807) is 36.5 Å². The zero-order valence-electron chi connectivity index (χ0n) is 35.5. The SMILES string of the molecule is CC1(C)CCC(CN2CCN(c3ccc(C(=O)NS(=O)(=O)c4cc5c(c([N+](=O)[O-])c4)N[C@@H](c4ccc(C#N)cn4)CO5)c(Oc4cnc5[nH]ccc5c4)c3)CC2)=C(c2ccc(Cl)cc2)C1. The molecule has 18 heteroatoms. The number of benzene rings is 3. The third kappa shape index (κ3) is 9.32. The van der Waals surface area contributed by atoms with Crippen LogP contribution in [0.5, 0.6) is 17.2 Å². The number of aromatic nitrogens is 3. The molecule has 1 fully saturated rings. The molecule has 16 nitrogen and oxygen atoms in total. The molecule has 0 saturated carbocycles. The summed E-state index contributed by atoms with van der Waals surface area (Å²) in [5.74, 6) is -0.706. The van der Waals surface area contributed by atoms with E-state index in [0.29, 0.717) is 35.7 Å². The first-order valence-corrected chi connectivity index (χ1v) is 22.9. The van der Waals surface area contributed by atoms with Gasteiger partial charge in [0.15, 0.2) is 11.4 Å². The Labute approximate surface area is 380 Å². The molecule has 5 heterocycles.